The molecule has 2 rings (SSSR count). The molecule has 94 valence electrons. The Labute approximate surface area is 108 Å². The van der Waals surface area contributed by atoms with Gasteiger partial charge in [0.15, 0.2) is 0 Å². The normalized spacial score (nSPS) is 19.5. The quantitative estimate of drug-likeness (QED) is 0.619. The molecule has 0 saturated carbocycles. The Morgan fingerprint density at radius 1 is 1.47 bits per heavy atom. The molecule has 1 unspecified atom stereocenters. The van der Waals surface area contributed by atoms with E-state index in [2.05, 4.69) is 23.5 Å². The van der Waals surface area contributed by atoms with Crippen molar-refractivity contribution in [2.75, 3.05) is 19.4 Å². The predicted molar refractivity (Wildman–Crippen MR) is 74.0 cm³/mol. The molecule has 0 spiro atoms. The molecule has 0 aromatic heterocycles. The topological polar surface area (TPSA) is 21.3 Å². The summed E-state index contributed by atoms with van der Waals surface area (Å²) in [5.74, 6) is 2.15. The fraction of sp³-hybridized carbons (Fsp3) is 0.571. The minimum Gasteiger partial charge on any atom is -0.497 e. The molecule has 0 amide bonds. The van der Waals surface area contributed by atoms with Gasteiger partial charge < -0.3 is 10.1 Å². The highest BCUT2D eigenvalue weighted by molar-refractivity contribution is 7.99. The van der Waals surface area contributed by atoms with E-state index in [0.717, 1.165) is 11.8 Å². The zero-order valence-corrected chi connectivity index (χ0v) is 11.3. The maximum Gasteiger partial charge on any atom is 0.119 e. The standard InChI is InChI=1S/C14H21NOS/c1-16-13-7-2-8-14(11-13)17-10-4-6-12-5-3-9-15-12/h2,7-8,11-12,15H,3-6,9-10H2,1H3. The van der Waals surface area contributed by atoms with Gasteiger partial charge in [-0.1, -0.05) is 6.07 Å². The first kappa shape index (κ1) is 12.8. The number of rotatable bonds is 6. The summed E-state index contributed by atoms with van der Waals surface area (Å²) < 4.78 is 5.22. The van der Waals surface area contributed by atoms with Crippen molar-refractivity contribution in [1.29, 1.82) is 0 Å². The third-order valence-electron chi connectivity index (χ3n) is 3.17. The summed E-state index contributed by atoms with van der Waals surface area (Å²) in [5, 5.41) is 3.54. The third kappa shape index (κ3) is 4.25. The Morgan fingerprint density at radius 2 is 2.41 bits per heavy atom. The molecule has 17 heavy (non-hydrogen) atoms. The van der Waals surface area contributed by atoms with Gasteiger partial charge >= 0.3 is 0 Å². The largest absolute Gasteiger partial charge is 0.497 e. The lowest BCUT2D eigenvalue weighted by atomic mass is 10.1. The first-order valence-corrected chi connectivity index (χ1v) is 7.37. The molecular formula is C14H21NOS. The number of hydrogen-bond acceptors (Lipinski definition) is 3. The average Bonchev–Trinajstić information content (AvgIpc) is 2.88. The molecule has 1 aliphatic rings. The second-order valence-electron chi connectivity index (χ2n) is 4.46. The molecule has 2 nitrogen and oxygen atoms in total. The van der Waals surface area contributed by atoms with E-state index >= 15 is 0 Å². The van der Waals surface area contributed by atoms with Crippen LogP contribution in [0.4, 0.5) is 0 Å². The van der Waals surface area contributed by atoms with Gasteiger partial charge in [0.05, 0.1) is 7.11 Å². The zero-order valence-electron chi connectivity index (χ0n) is 10.4. The van der Waals surface area contributed by atoms with E-state index in [1.54, 1.807) is 7.11 Å². The molecule has 0 aliphatic carbocycles. The number of hydrogen-bond donors (Lipinski definition) is 1. The number of ether oxygens (including phenoxy) is 1. The van der Waals surface area contributed by atoms with Gasteiger partial charge in [0.1, 0.15) is 5.75 Å². The fourth-order valence-electron chi connectivity index (χ4n) is 2.21. The Hall–Kier alpha value is -0.670. The number of nitrogens with one attached hydrogen (secondary N) is 1. The lowest BCUT2D eigenvalue weighted by molar-refractivity contribution is 0.413. The smallest absolute Gasteiger partial charge is 0.119 e. The molecule has 0 bridgehead atoms. The first-order valence-electron chi connectivity index (χ1n) is 6.39. The summed E-state index contributed by atoms with van der Waals surface area (Å²) in [6.45, 7) is 1.22. The molecule has 1 aromatic rings. The summed E-state index contributed by atoms with van der Waals surface area (Å²) in [7, 11) is 1.72. The second kappa shape index (κ2) is 6.92. The van der Waals surface area contributed by atoms with Crippen molar-refractivity contribution >= 4 is 11.8 Å². The van der Waals surface area contributed by atoms with Crippen LogP contribution in [0.1, 0.15) is 25.7 Å². The van der Waals surface area contributed by atoms with Gasteiger partial charge in [-0.25, -0.2) is 0 Å². The van der Waals surface area contributed by atoms with Gasteiger partial charge in [-0.15, -0.1) is 11.8 Å². The molecule has 0 radical (unpaired) electrons. The Kier molecular flexibility index (Phi) is 5.20. The van der Waals surface area contributed by atoms with E-state index in [-0.39, 0.29) is 0 Å². The first-order chi connectivity index (χ1) is 8.38. The molecule has 1 atom stereocenters. The van der Waals surface area contributed by atoms with Gasteiger partial charge in [0.25, 0.3) is 0 Å². The van der Waals surface area contributed by atoms with Crippen LogP contribution in [-0.2, 0) is 0 Å². The van der Waals surface area contributed by atoms with Crippen LogP contribution < -0.4 is 10.1 Å². The van der Waals surface area contributed by atoms with Crippen LogP contribution >= 0.6 is 11.8 Å². The maximum absolute atomic E-state index is 5.22. The van der Waals surface area contributed by atoms with E-state index in [1.807, 2.05) is 17.8 Å². The molecule has 1 aromatic carbocycles. The van der Waals surface area contributed by atoms with E-state index in [9.17, 15) is 0 Å². The van der Waals surface area contributed by atoms with Gasteiger partial charge in [0, 0.05) is 10.9 Å². The van der Waals surface area contributed by atoms with Crippen molar-refractivity contribution in [3.63, 3.8) is 0 Å². The Morgan fingerprint density at radius 3 is 3.18 bits per heavy atom. The lowest BCUT2D eigenvalue weighted by Crippen LogP contribution is -2.20. The van der Waals surface area contributed by atoms with E-state index in [1.165, 1.54) is 42.9 Å². The maximum atomic E-state index is 5.22. The van der Waals surface area contributed by atoms with Crippen molar-refractivity contribution in [1.82, 2.24) is 5.32 Å². The fourth-order valence-corrected chi connectivity index (χ4v) is 3.13. The summed E-state index contributed by atoms with van der Waals surface area (Å²) in [4.78, 5) is 1.31. The van der Waals surface area contributed by atoms with Gasteiger partial charge in [-0.2, -0.15) is 0 Å². The van der Waals surface area contributed by atoms with Crippen LogP contribution in [0.15, 0.2) is 29.2 Å². The van der Waals surface area contributed by atoms with Crippen molar-refractivity contribution in [3.05, 3.63) is 24.3 Å². The van der Waals surface area contributed by atoms with Crippen LogP contribution in [0.2, 0.25) is 0 Å². The van der Waals surface area contributed by atoms with E-state index < -0.39 is 0 Å². The number of methoxy groups -OCH3 is 1. The van der Waals surface area contributed by atoms with Gasteiger partial charge in [-0.05, 0) is 56.2 Å². The molecule has 1 aliphatic heterocycles. The summed E-state index contributed by atoms with van der Waals surface area (Å²) in [6, 6.07) is 9.09. The zero-order chi connectivity index (χ0) is 11.9. The summed E-state index contributed by atoms with van der Waals surface area (Å²) >= 11 is 1.93. The van der Waals surface area contributed by atoms with Crippen LogP contribution in [0, 0.1) is 0 Å². The molecular weight excluding hydrogens is 230 g/mol. The van der Waals surface area contributed by atoms with Crippen molar-refractivity contribution in [3.8, 4) is 5.75 Å². The highest BCUT2D eigenvalue weighted by Crippen LogP contribution is 2.24. The van der Waals surface area contributed by atoms with Crippen LogP contribution in [0.3, 0.4) is 0 Å². The summed E-state index contributed by atoms with van der Waals surface area (Å²) in [5.41, 5.74) is 0. The lowest BCUT2D eigenvalue weighted by Gasteiger charge is -2.09. The number of benzene rings is 1. The Bertz CT molecular complexity index is 337. The van der Waals surface area contributed by atoms with E-state index in [0.29, 0.717) is 0 Å². The second-order valence-corrected chi connectivity index (χ2v) is 5.63. The van der Waals surface area contributed by atoms with E-state index in [4.69, 9.17) is 4.74 Å². The minimum absolute atomic E-state index is 0.779. The monoisotopic (exact) mass is 251 g/mol. The molecule has 1 heterocycles. The Balaban J connectivity index is 1.66. The molecule has 3 heteroatoms. The van der Waals surface area contributed by atoms with Crippen molar-refractivity contribution < 1.29 is 4.74 Å². The van der Waals surface area contributed by atoms with Gasteiger partial charge in [0.2, 0.25) is 0 Å². The molecule has 1 saturated heterocycles. The minimum atomic E-state index is 0.779. The third-order valence-corrected chi connectivity index (χ3v) is 4.25. The molecule has 1 fully saturated rings. The highest BCUT2D eigenvalue weighted by atomic mass is 32.2. The van der Waals surface area contributed by atoms with Crippen LogP contribution in [0.5, 0.6) is 5.75 Å². The summed E-state index contributed by atoms with van der Waals surface area (Å²) in [6.07, 6.45) is 5.33. The number of thioether (sulfide) groups is 1. The SMILES string of the molecule is COc1cccc(SCCCC2CCCN2)c1. The molecule has 1 N–H and O–H groups in total. The predicted octanol–water partition coefficient (Wildman–Crippen LogP) is 3.32. The van der Waals surface area contributed by atoms with Crippen LogP contribution in [-0.4, -0.2) is 25.4 Å². The highest BCUT2D eigenvalue weighted by Gasteiger charge is 2.12. The average molecular weight is 251 g/mol. The van der Waals surface area contributed by atoms with Gasteiger partial charge in [-0.3, -0.25) is 0 Å². The van der Waals surface area contributed by atoms with Crippen molar-refractivity contribution in [2.45, 2.75) is 36.6 Å². The van der Waals surface area contributed by atoms with Crippen LogP contribution in [0.25, 0.3) is 0 Å². The van der Waals surface area contributed by atoms with Crippen molar-refractivity contribution in [2.24, 2.45) is 0 Å².